The van der Waals surface area contributed by atoms with Gasteiger partial charge in [-0.1, -0.05) is 29.8 Å². The summed E-state index contributed by atoms with van der Waals surface area (Å²) in [6, 6.07) is 7.92. The minimum absolute atomic E-state index is 0.719. The Morgan fingerprint density at radius 3 is 2.64 bits per heavy atom. The van der Waals surface area contributed by atoms with E-state index in [0.717, 1.165) is 48.3 Å². The minimum Gasteiger partial charge on any atom is -0.357 e. The van der Waals surface area contributed by atoms with Crippen molar-refractivity contribution in [1.82, 2.24) is 20.0 Å². The van der Waals surface area contributed by atoms with Crippen molar-refractivity contribution in [3.05, 3.63) is 51.8 Å². The highest BCUT2D eigenvalue weighted by Crippen LogP contribution is 2.16. The molecule has 0 atom stereocenters. The molecule has 0 fully saturated rings. The summed E-state index contributed by atoms with van der Waals surface area (Å²) in [6.45, 7) is 8.51. The second kappa shape index (κ2) is 8.90. The van der Waals surface area contributed by atoms with E-state index in [2.05, 4.69) is 36.1 Å². The monoisotopic (exact) mass is 361 g/mol. The summed E-state index contributed by atoms with van der Waals surface area (Å²) in [7, 11) is 4.02. The van der Waals surface area contributed by atoms with Crippen LogP contribution in [0.2, 0.25) is 5.02 Å². The van der Waals surface area contributed by atoms with Gasteiger partial charge in [0.15, 0.2) is 5.96 Å². The van der Waals surface area contributed by atoms with Crippen LogP contribution in [0.5, 0.6) is 0 Å². The van der Waals surface area contributed by atoms with Crippen molar-refractivity contribution in [3.8, 4) is 0 Å². The van der Waals surface area contributed by atoms with Gasteiger partial charge >= 0.3 is 0 Å². The number of halogens is 1. The molecular weight excluding hydrogens is 334 g/mol. The highest BCUT2D eigenvalue weighted by Gasteiger charge is 2.11. The molecule has 25 heavy (non-hydrogen) atoms. The normalized spacial score (nSPS) is 11.7. The number of hydrogen-bond donors (Lipinski definition) is 1. The highest BCUT2D eigenvalue weighted by molar-refractivity contribution is 6.31. The lowest BCUT2D eigenvalue weighted by Crippen LogP contribution is -2.38. The molecule has 1 aromatic heterocycles. The molecule has 0 aliphatic heterocycles. The highest BCUT2D eigenvalue weighted by atomic mass is 35.5. The Hall–Kier alpha value is -2.01. The molecule has 0 amide bonds. The smallest absolute Gasteiger partial charge is 0.193 e. The van der Waals surface area contributed by atoms with E-state index < -0.39 is 0 Å². The SMILES string of the molecule is CCNC(=NCCc1c(C)nn(C)c1C)N(C)Cc1ccccc1Cl. The summed E-state index contributed by atoms with van der Waals surface area (Å²) in [5.74, 6) is 0.890. The molecule has 0 aliphatic carbocycles. The van der Waals surface area contributed by atoms with Crippen LogP contribution in [0, 0.1) is 13.8 Å². The van der Waals surface area contributed by atoms with Crippen molar-refractivity contribution >= 4 is 17.6 Å². The Bertz CT molecular complexity index is 735. The zero-order valence-electron chi connectivity index (χ0n) is 15.8. The number of nitrogens with one attached hydrogen (secondary N) is 1. The van der Waals surface area contributed by atoms with Gasteiger partial charge in [0.25, 0.3) is 0 Å². The zero-order chi connectivity index (χ0) is 18.4. The zero-order valence-corrected chi connectivity index (χ0v) is 16.6. The lowest BCUT2D eigenvalue weighted by Gasteiger charge is -2.22. The Kier molecular flexibility index (Phi) is 6.88. The maximum absolute atomic E-state index is 6.28. The molecule has 0 bridgehead atoms. The number of aliphatic imine (C=N–C) groups is 1. The predicted octanol–water partition coefficient (Wildman–Crippen LogP) is 3.33. The fraction of sp³-hybridized carbons (Fsp3) is 0.474. The molecule has 0 aliphatic rings. The molecule has 136 valence electrons. The van der Waals surface area contributed by atoms with Gasteiger partial charge in [0.05, 0.1) is 5.69 Å². The second-order valence-electron chi connectivity index (χ2n) is 6.21. The van der Waals surface area contributed by atoms with Crippen LogP contribution >= 0.6 is 11.6 Å². The van der Waals surface area contributed by atoms with Gasteiger partial charge in [-0.3, -0.25) is 9.67 Å². The fourth-order valence-corrected chi connectivity index (χ4v) is 3.08. The van der Waals surface area contributed by atoms with Crippen LogP contribution in [-0.4, -0.2) is 40.8 Å². The van der Waals surface area contributed by atoms with Gasteiger partial charge in [0, 0.05) is 44.4 Å². The minimum atomic E-state index is 0.719. The first-order valence-electron chi connectivity index (χ1n) is 8.66. The molecule has 0 unspecified atom stereocenters. The predicted molar refractivity (Wildman–Crippen MR) is 105 cm³/mol. The summed E-state index contributed by atoms with van der Waals surface area (Å²) < 4.78 is 1.93. The van der Waals surface area contributed by atoms with Crippen molar-refractivity contribution in [2.24, 2.45) is 12.0 Å². The summed E-state index contributed by atoms with van der Waals surface area (Å²) in [5.41, 5.74) is 4.68. The van der Waals surface area contributed by atoms with Crippen LogP contribution < -0.4 is 5.32 Å². The molecule has 2 aromatic rings. The molecule has 1 aromatic carbocycles. The van der Waals surface area contributed by atoms with Crippen molar-refractivity contribution in [3.63, 3.8) is 0 Å². The fourth-order valence-electron chi connectivity index (χ4n) is 2.88. The van der Waals surface area contributed by atoms with Crippen molar-refractivity contribution in [2.75, 3.05) is 20.1 Å². The first kappa shape index (κ1) is 19.3. The lowest BCUT2D eigenvalue weighted by atomic mass is 10.1. The molecule has 0 saturated heterocycles. The van der Waals surface area contributed by atoms with E-state index in [0.29, 0.717) is 0 Å². The van der Waals surface area contributed by atoms with Crippen LogP contribution in [0.25, 0.3) is 0 Å². The Balaban J connectivity index is 2.05. The second-order valence-corrected chi connectivity index (χ2v) is 6.61. The van der Waals surface area contributed by atoms with Crippen molar-refractivity contribution in [2.45, 2.75) is 33.7 Å². The first-order chi connectivity index (χ1) is 11.9. The van der Waals surface area contributed by atoms with E-state index in [4.69, 9.17) is 16.6 Å². The van der Waals surface area contributed by atoms with Crippen LogP contribution in [0.1, 0.15) is 29.4 Å². The number of aryl methyl sites for hydroxylation is 2. The number of benzene rings is 1. The van der Waals surface area contributed by atoms with Gasteiger partial charge in [0.2, 0.25) is 0 Å². The first-order valence-corrected chi connectivity index (χ1v) is 9.03. The van der Waals surface area contributed by atoms with E-state index >= 15 is 0 Å². The number of hydrogen-bond acceptors (Lipinski definition) is 2. The molecule has 5 nitrogen and oxygen atoms in total. The van der Waals surface area contributed by atoms with E-state index in [1.165, 1.54) is 11.3 Å². The van der Waals surface area contributed by atoms with Crippen LogP contribution in [0.3, 0.4) is 0 Å². The maximum Gasteiger partial charge on any atom is 0.193 e. The van der Waals surface area contributed by atoms with Crippen LogP contribution in [0.15, 0.2) is 29.3 Å². The van der Waals surface area contributed by atoms with Gasteiger partial charge in [0.1, 0.15) is 0 Å². The lowest BCUT2D eigenvalue weighted by molar-refractivity contribution is 0.477. The van der Waals surface area contributed by atoms with Gasteiger partial charge < -0.3 is 10.2 Å². The van der Waals surface area contributed by atoms with Crippen LogP contribution in [-0.2, 0) is 20.0 Å². The maximum atomic E-state index is 6.28. The molecule has 1 heterocycles. The van der Waals surface area contributed by atoms with Crippen molar-refractivity contribution in [1.29, 1.82) is 0 Å². The molecule has 2 rings (SSSR count). The Morgan fingerprint density at radius 1 is 1.32 bits per heavy atom. The molecule has 1 N–H and O–H groups in total. The Labute approximate surface area is 155 Å². The standard InChI is InChI=1S/C19H28ClN5/c1-6-21-19(24(4)13-16-9-7-8-10-18(16)20)22-12-11-17-14(2)23-25(5)15(17)3/h7-10H,6,11-13H2,1-5H3,(H,21,22). The molecule has 0 spiro atoms. The number of nitrogens with zero attached hydrogens (tertiary/aromatic N) is 4. The van der Waals surface area contributed by atoms with E-state index in [1.54, 1.807) is 0 Å². The average molecular weight is 362 g/mol. The third-order valence-electron chi connectivity index (χ3n) is 4.34. The average Bonchev–Trinajstić information content (AvgIpc) is 2.82. The third-order valence-corrected chi connectivity index (χ3v) is 4.71. The van der Waals surface area contributed by atoms with E-state index in [-0.39, 0.29) is 0 Å². The summed E-state index contributed by atoms with van der Waals surface area (Å²) in [6.07, 6.45) is 0.889. The van der Waals surface area contributed by atoms with Gasteiger partial charge in [-0.25, -0.2) is 0 Å². The van der Waals surface area contributed by atoms with Gasteiger partial charge in [-0.2, -0.15) is 5.10 Å². The number of aromatic nitrogens is 2. The summed E-state index contributed by atoms with van der Waals surface area (Å²) in [4.78, 5) is 6.88. The molecular formula is C19H28ClN5. The summed E-state index contributed by atoms with van der Waals surface area (Å²) >= 11 is 6.28. The van der Waals surface area contributed by atoms with Gasteiger partial charge in [-0.05, 0) is 44.4 Å². The van der Waals surface area contributed by atoms with Crippen molar-refractivity contribution < 1.29 is 0 Å². The third kappa shape index (κ3) is 4.98. The quantitative estimate of drug-likeness (QED) is 0.634. The number of guanidine groups is 1. The van der Waals surface area contributed by atoms with Crippen LogP contribution in [0.4, 0.5) is 0 Å². The van der Waals surface area contributed by atoms with E-state index in [9.17, 15) is 0 Å². The molecule has 6 heteroatoms. The summed E-state index contributed by atoms with van der Waals surface area (Å²) in [5, 5.41) is 8.61. The molecule has 0 saturated carbocycles. The Morgan fingerprint density at radius 2 is 2.04 bits per heavy atom. The largest absolute Gasteiger partial charge is 0.357 e. The topological polar surface area (TPSA) is 45.5 Å². The number of rotatable bonds is 6. The van der Waals surface area contributed by atoms with Gasteiger partial charge in [-0.15, -0.1) is 0 Å². The molecule has 0 radical (unpaired) electrons. The van der Waals surface area contributed by atoms with E-state index in [1.807, 2.05) is 43.0 Å².